The first-order chi connectivity index (χ1) is 29.1. The Bertz CT molecular complexity index is 1080. The number of carbonyl (C=O) groups is 3. The molecule has 0 heterocycles. The summed E-state index contributed by atoms with van der Waals surface area (Å²) < 4.78 is 17.2. The lowest BCUT2D eigenvalue weighted by molar-refractivity contribution is -0.889. The monoisotopic (exact) mass is 846 g/mol. The number of aliphatic carboxylic acids is 1. The number of carboxylic acids is 1. The number of esters is 2. The van der Waals surface area contributed by atoms with E-state index in [1.807, 2.05) is 0 Å². The molecule has 0 bridgehead atoms. The Hall–Kier alpha value is -2.45. The summed E-state index contributed by atoms with van der Waals surface area (Å²) in [5, 5.41) is 11.7. The van der Waals surface area contributed by atoms with Crippen LogP contribution in [0.2, 0.25) is 0 Å². The molecule has 2 unspecified atom stereocenters. The van der Waals surface area contributed by atoms with Crippen molar-refractivity contribution in [3.05, 3.63) is 36.5 Å². The van der Waals surface area contributed by atoms with E-state index >= 15 is 0 Å². The molecule has 0 saturated carbocycles. The third-order valence-corrected chi connectivity index (χ3v) is 11.3. The van der Waals surface area contributed by atoms with Crippen molar-refractivity contribution in [2.24, 2.45) is 0 Å². The van der Waals surface area contributed by atoms with Crippen LogP contribution in [0, 0.1) is 0 Å². The molecule has 0 saturated heterocycles. The maximum Gasteiger partial charge on any atom is 0.306 e. The van der Waals surface area contributed by atoms with Crippen LogP contribution in [0.5, 0.6) is 0 Å². The first-order valence-electron chi connectivity index (χ1n) is 25.0. The maximum absolute atomic E-state index is 12.8. The van der Waals surface area contributed by atoms with Gasteiger partial charge in [-0.2, -0.15) is 0 Å². The standard InChI is InChI=1S/C52H95NO7/c1-6-8-10-12-14-16-18-20-22-23-24-25-26-27-29-31-33-35-37-39-41-43-51(55)60-48(46-58-45-44-49(52(56)57)53(3,4)5)47-59-50(54)42-40-38-36-34-32-30-28-21-19-17-15-13-11-9-7-2/h8,10,14,16-17,19,48-49H,6-7,9,11-13,15,18,20-47H2,1-5H3/b10-8+,16-14+,19-17+. The average Bonchev–Trinajstić information content (AvgIpc) is 3.21. The number of carbonyl (C=O) groups excluding carboxylic acids is 3. The van der Waals surface area contributed by atoms with E-state index in [1.165, 1.54) is 141 Å². The number of hydrogen-bond acceptors (Lipinski definition) is 7. The summed E-state index contributed by atoms with van der Waals surface area (Å²) in [5.41, 5.74) is 0. The van der Waals surface area contributed by atoms with Crippen LogP contribution >= 0.6 is 0 Å². The molecule has 0 N–H and O–H groups in total. The van der Waals surface area contributed by atoms with Gasteiger partial charge in [-0.05, 0) is 64.2 Å². The molecule has 0 aromatic rings. The third kappa shape index (κ3) is 40.9. The van der Waals surface area contributed by atoms with Crippen molar-refractivity contribution in [2.45, 2.75) is 238 Å². The second-order valence-electron chi connectivity index (χ2n) is 18.0. The van der Waals surface area contributed by atoms with Crippen molar-refractivity contribution >= 4 is 17.9 Å². The zero-order valence-corrected chi connectivity index (χ0v) is 39.9. The van der Waals surface area contributed by atoms with Gasteiger partial charge in [0.05, 0.1) is 40.3 Å². The summed E-state index contributed by atoms with van der Waals surface area (Å²) in [7, 11) is 5.42. The molecule has 8 heteroatoms. The Kier molecular flexibility index (Phi) is 41.4. The quantitative estimate of drug-likeness (QED) is 0.0260. The summed E-state index contributed by atoms with van der Waals surface area (Å²) in [6.07, 6.45) is 50.3. The van der Waals surface area contributed by atoms with Gasteiger partial charge in [0.1, 0.15) is 12.6 Å². The van der Waals surface area contributed by atoms with Gasteiger partial charge in [0.2, 0.25) is 0 Å². The molecule has 2 atom stereocenters. The van der Waals surface area contributed by atoms with Crippen LogP contribution in [0.4, 0.5) is 0 Å². The topological polar surface area (TPSA) is 102 Å². The van der Waals surface area contributed by atoms with E-state index in [0.717, 1.165) is 51.4 Å². The van der Waals surface area contributed by atoms with Gasteiger partial charge >= 0.3 is 11.9 Å². The third-order valence-electron chi connectivity index (χ3n) is 11.3. The van der Waals surface area contributed by atoms with E-state index in [9.17, 15) is 19.5 Å². The molecule has 350 valence electrons. The van der Waals surface area contributed by atoms with Crippen molar-refractivity contribution < 1.29 is 38.2 Å². The molecule has 0 aromatic carbocycles. The Labute approximate surface area is 370 Å². The number of hydrogen-bond donors (Lipinski definition) is 0. The Morgan fingerprint density at radius 2 is 0.933 bits per heavy atom. The number of likely N-dealkylation sites (N-methyl/N-ethyl adjacent to an activating group) is 1. The van der Waals surface area contributed by atoms with Gasteiger partial charge in [0, 0.05) is 19.3 Å². The number of ether oxygens (including phenoxy) is 3. The minimum Gasteiger partial charge on any atom is -0.544 e. The number of nitrogens with zero attached hydrogens (tertiary/aromatic N) is 1. The van der Waals surface area contributed by atoms with E-state index in [1.54, 1.807) is 21.1 Å². The van der Waals surface area contributed by atoms with E-state index in [-0.39, 0.29) is 42.7 Å². The number of quaternary nitrogens is 1. The van der Waals surface area contributed by atoms with Gasteiger partial charge in [-0.15, -0.1) is 0 Å². The van der Waals surface area contributed by atoms with Gasteiger partial charge < -0.3 is 28.6 Å². The van der Waals surface area contributed by atoms with Crippen LogP contribution in [0.15, 0.2) is 36.5 Å². The van der Waals surface area contributed by atoms with Crippen LogP contribution in [-0.2, 0) is 28.6 Å². The molecule has 0 aliphatic rings. The molecule has 0 rings (SSSR count). The average molecular weight is 846 g/mol. The van der Waals surface area contributed by atoms with Crippen molar-refractivity contribution in [3.8, 4) is 0 Å². The van der Waals surface area contributed by atoms with Gasteiger partial charge in [-0.1, -0.05) is 179 Å². The molecule has 0 fully saturated rings. The molecule has 0 aliphatic heterocycles. The van der Waals surface area contributed by atoms with Crippen LogP contribution < -0.4 is 5.11 Å². The largest absolute Gasteiger partial charge is 0.544 e. The molecule has 60 heavy (non-hydrogen) atoms. The van der Waals surface area contributed by atoms with Gasteiger partial charge in [-0.25, -0.2) is 0 Å². The summed E-state index contributed by atoms with van der Waals surface area (Å²) in [6, 6.07) is -0.725. The summed E-state index contributed by atoms with van der Waals surface area (Å²) >= 11 is 0. The highest BCUT2D eigenvalue weighted by atomic mass is 16.6. The zero-order valence-electron chi connectivity index (χ0n) is 39.9. The predicted molar refractivity (Wildman–Crippen MR) is 250 cm³/mol. The van der Waals surface area contributed by atoms with Crippen molar-refractivity contribution in [1.29, 1.82) is 0 Å². The SMILES string of the molecule is CC/C=C/C/C=C/CCCCCCCCCCCCCCCCC(=O)OC(COCCC(C(=O)[O-])[N+](C)(C)C)COC(=O)CCCCCCCCC/C=C/CCCCCC. The first kappa shape index (κ1) is 57.5. The molecule has 0 spiro atoms. The van der Waals surface area contributed by atoms with E-state index in [4.69, 9.17) is 14.2 Å². The zero-order chi connectivity index (χ0) is 44.2. The van der Waals surface area contributed by atoms with Crippen LogP contribution in [-0.4, -0.2) is 75.5 Å². The summed E-state index contributed by atoms with van der Waals surface area (Å²) in [5.74, 6) is -1.73. The molecule has 8 nitrogen and oxygen atoms in total. The fraction of sp³-hybridized carbons (Fsp3) is 0.827. The van der Waals surface area contributed by atoms with E-state index < -0.39 is 18.1 Å². The molecular formula is C52H95NO7. The number of unbranched alkanes of at least 4 members (excludes halogenated alkanes) is 25. The summed E-state index contributed by atoms with van der Waals surface area (Å²) in [6.45, 7) is 4.57. The van der Waals surface area contributed by atoms with E-state index in [0.29, 0.717) is 12.8 Å². The van der Waals surface area contributed by atoms with Crippen LogP contribution in [0.3, 0.4) is 0 Å². The fourth-order valence-electron chi connectivity index (χ4n) is 7.40. The highest BCUT2D eigenvalue weighted by molar-refractivity contribution is 5.70. The Morgan fingerprint density at radius 1 is 0.517 bits per heavy atom. The van der Waals surface area contributed by atoms with Crippen molar-refractivity contribution in [2.75, 3.05) is 41.0 Å². The van der Waals surface area contributed by atoms with Crippen molar-refractivity contribution in [3.63, 3.8) is 0 Å². The molecule has 0 aromatic heterocycles. The first-order valence-corrected chi connectivity index (χ1v) is 25.0. The highest BCUT2D eigenvalue weighted by Gasteiger charge is 2.25. The normalized spacial score (nSPS) is 13.2. The lowest BCUT2D eigenvalue weighted by Gasteiger charge is -2.34. The number of carboxylic acid groups (broad SMARTS) is 1. The minimum absolute atomic E-state index is 0.0418. The van der Waals surface area contributed by atoms with Gasteiger partial charge in [-0.3, -0.25) is 9.59 Å². The van der Waals surface area contributed by atoms with Gasteiger partial charge in [0.15, 0.2) is 6.10 Å². The fourth-order valence-corrected chi connectivity index (χ4v) is 7.40. The summed E-state index contributed by atoms with van der Waals surface area (Å²) in [4.78, 5) is 37.0. The predicted octanol–water partition coefficient (Wildman–Crippen LogP) is 12.9. The number of rotatable bonds is 45. The molecule has 0 amide bonds. The highest BCUT2D eigenvalue weighted by Crippen LogP contribution is 2.16. The maximum atomic E-state index is 12.8. The second kappa shape index (κ2) is 43.2. The van der Waals surface area contributed by atoms with E-state index in [2.05, 4.69) is 50.3 Å². The smallest absolute Gasteiger partial charge is 0.306 e. The Balaban J connectivity index is 4.22. The lowest BCUT2D eigenvalue weighted by atomic mass is 10.0. The molecule has 0 aliphatic carbocycles. The lowest BCUT2D eigenvalue weighted by Crippen LogP contribution is -2.55. The van der Waals surface area contributed by atoms with Crippen LogP contribution in [0.25, 0.3) is 0 Å². The molecule has 0 radical (unpaired) electrons. The molecular weight excluding hydrogens is 751 g/mol. The second-order valence-corrected chi connectivity index (χ2v) is 18.0. The number of allylic oxidation sites excluding steroid dienone is 6. The van der Waals surface area contributed by atoms with Crippen molar-refractivity contribution in [1.82, 2.24) is 0 Å². The Morgan fingerprint density at radius 3 is 1.38 bits per heavy atom. The van der Waals surface area contributed by atoms with Gasteiger partial charge in [0.25, 0.3) is 0 Å². The van der Waals surface area contributed by atoms with Crippen LogP contribution in [0.1, 0.15) is 226 Å². The minimum atomic E-state index is -1.12.